The summed E-state index contributed by atoms with van der Waals surface area (Å²) < 4.78 is 25.1. The molecule has 0 aliphatic carbocycles. The molecule has 0 bridgehead atoms. The summed E-state index contributed by atoms with van der Waals surface area (Å²) in [4.78, 5) is 19.4. The second-order valence-electron chi connectivity index (χ2n) is 6.65. The van der Waals surface area contributed by atoms with Crippen LogP contribution in [-0.2, 0) is 16.4 Å². The van der Waals surface area contributed by atoms with Crippen LogP contribution in [0.1, 0.15) is 28.8 Å². The SMILES string of the molecule is CS(=O)(=O)N1CCC[C@H](Cc2ccnc(-c3cncc(C(=O)O)c3)c2)C1. The number of pyridine rings is 2. The summed E-state index contributed by atoms with van der Waals surface area (Å²) in [6.45, 7) is 1.12. The van der Waals surface area contributed by atoms with Crippen molar-refractivity contribution in [1.29, 1.82) is 0 Å². The number of carbonyl (C=O) groups is 1. The lowest BCUT2D eigenvalue weighted by atomic mass is 9.92. The molecule has 1 atom stereocenters. The Morgan fingerprint density at radius 2 is 2.15 bits per heavy atom. The van der Waals surface area contributed by atoms with Crippen molar-refractivity contribution < 1.29 is 18.3 Å². The van der Waals surface area contributed by atoms with E-state index in [-0.39, 0.29) is 11.5 Å². The van der Waals surface area contributed by atoms with Crippen molar-refractivity contribution in [2.45, 2.75) is 19.3 Å². The van der Waals surface area contributed by atoms with Gasteiger partial charge < -0.3 is 5.11 Å². The summed E-state index contributed by atoms with van der Waals surface area (Å²) in [5, 5.41) is 9.10. The number of carboxylic acids is 1. The second-order valence-corrected chi connectivity index (χ2v) is 8.63. The van der Waals surface area contributed by atoms with Crippen LogP contribution in [0.15, 0.2) is 36.8 Å². The highest BCUT2D eigenvalue weighted by Gasteiger charge is 2.26. The Labute approximate surface area is 152 Å². The number of nitrogens with zero attached hydrogens (tertiary/aromatic N) is 3. The molecule has 0 saturated carbocycles. The number of rotatable bonds is 5. The van der Waals surface area contributed by atoms with Gasteiger partial charge in [-0.15, -0.1) is 0 Å². The van der Waals surface area contributed by atoms with Gasteiger partial charge in [0.15, 0.2) is 0 Å². The maximum atomic E-state index is 11.8. The smallest absolute Gasteiger partial charge is 0.337 e. The van der Waals surface area contributed by atoms with Crippen molar-refractivity contribution >= 4 is 16.0 Å². The van der Waals surface area contributed by atoms with E-state index in [0.29, 0.717) is 24.3 Å². The number of piperidine rings is 1. The molecule has 138 valence electrons. The van der Waals surface area contributed by atoms with Gasteiger partial charge in [-0.2, -0.15) is 0 Å². The largest absolute Gasteiger partial charge is 0.478 e. The van der Waals surface area contributed by atoms with E-state index in [2.05, 4.69) is 9.97 Å². The van der Waals surface area contributed by atoms with Crippen molar-refractivity contribution in [3.63, 3.8) is 0 Å². The molecular weight excluding hydrogens is 354 g/mol. The van der Waals surface area contributed by atoms with Crippen LogP contribution in [0.3, 0.4) is 0 Å². The zero-order chi connectivity index (χ0) is 18.7. The fourth-order valence-electron chi connectivity index (χ4n) is 3.28. The third-order valence-electron chi connectivity index (χ3n) is 4.58. The van der Waals surface area contributed by atoms with Crippen LogP contribution in [0.25, 0.3) is 11.3 Å². The lowest BCUT2D eigenvalue weighted by Crippen LogP contribution is -2.39. The lowest BCUT2D eigenvalue weighted by Gasteiger charge is -2.31. The Bertz CT molecular complexity index is 914. The van der Waals surface area contributed by atoms with Crippen molar-refractivity contribution in [3.05, 3.63) is 47.9 Å². The summed E-state index contributed by atoms with van der Waals surface area (Å²) in [7, 11) is -3.16. The predicted molar refractivity (Wildman–Crippen MR) is 97.3 cm³/mol. The molecule has 3 rings (SSSR count). The summed E-state index contributed by atoms with van der Waals surface area (Å²) in [6, 6.07) is 5.38. The lowest BCUT2D eigenvalue weighted by molar-refractivity contribution is 0.0696. The fourth-order valence-corrected chi connectivity index (χ4v) is 4.23. The van der Waals surface area contributed by atoms with Crippen molar-refractivity contribution in [1.82, 2.24) is 14.3 Å². The minimum Gasteiger partial charge on any atom is -0.478 e. The monoisotopic (exact) mass is 375 g/mol. The molecule has 1 aliphatic rings. The molecule has 1 fully saturated rings. The third-order valence-corrected chi connectivity index (χ3v) is 5.85. The molecule has 0 unspecified atom stereocenters. The van der Waals surface area contributed by atoms with Crippen LogP contribution < -0.4 is 0 Å². The van der Waals surface area contributed by atoms with Crippen LogP contribution in [-0.4, -0.2) is 53.1 Å². The number of aromatic carboxylic acids is 1. The quantitative estimate of drug-likeness (QED) is 0.858. The molecule has 7 nitrogen and oxygen atoms in total. The van der Waals surface area contributed by atoms with Gasteiger partial charge >= 0.3 is 5.97 Å². The Morgan fingerprint density at radius 1 is 1.35 bits per heavy atom. The molecule has 1 saturated heterocycles. The molecule has 0 spiro atoms. The van der Waals surface area contributed by atoms with E-state index in [1.165, 1.54) is 12.5 Å². The maximum Gasteiger partial charge on any atom is 0.337 e. The van der Waals surface area contributed by atoms with Crippen LogP contribution in [0, 0.1) is 5.92 Å². The van der Waals surface area contributed by atoms with Gasteiger partial charge in [0, 0.05) is 37.2 Å². The first-order valence-electron chi connectivity index (χ1n) is 8.41. The van der Waals surface area contributed by atoms with Crippen molar-refractivity contribution in [3.8, 4) is 11.3 Å². The fraction of sp³-hybridized carbons (Fsp3) is 0.389. The summed E-state index contributed by atoms with van der Waals surface area (Å²) in [6.07, 6.45) is 8.44. The molecular formula is C18H21N3O4S. The highest BCUT2D eigenvalue weighted by molar-refractivity contribution is 7.88. The van der Waals surface area contributed by atoms with Crippen molar-refractivity contribution in [2.75, 3.05) is 19.3 Å². The zero-order valence-electron chi connectivity index (χ0n) is 14.5. The van der Waals surface area contributed by atoms with E-state index < -0.39 is 16.0 Å². The summed E-state index contributed by atoms with van der Waals surface area (Å²) in [5.74, 6) is -0.768. The van der Waals surface area contributed by atoms with Crippen molar-refractivity contribution in [2.24, 2.45) is 5.92 Å². The van der Waals surface area contributed by atoms with Crippen LogP contribution in [0.2, 0.25) is 0 Å². The summed E-state index contributed by atoms with van der Waals surface area (Å²) in [5.41, 5.74) is 2.48. The van der Waals surface area contributed by atoms with E-state index >= 15 is 0 Å². The maximum absolute atomic E-state index is 11.8. The summed E-state index contributed by atoms with van der Waals surface area (Å²) >= 11 is 0. The number of sulfonamides is 1. The predicted octanol–water partition coefficient (Wildman–Crippen LogP) is 2.06. The molecule has 0 aromatic carbocycles. The van der Waals surface area contributed by atoms with Gasteiger partial charge in [-0.05, 0) is 48.9 Å². The van der Waals surface area contributed by atoms with Crippen LogP contribution >= 0.6 is 0 Å². The van der Waals surface area contributed by atoms with E-state index in [1.807, 2.05) is 12.1 Å². The van der Waals surface area contributed by atoms with Crippen LogP contribution in [0.4, 0.5) is 0 Å². The Morgan fingerprint density at radius 3 is 2.88 bits per heavy atom. The average Bonchev–Trinajstić information content (AvgIpc) is 2.61. The first-order chi connectivity index (χ1) is 12.3. The molecule has 2 aromatic heterocycles. The molecule has 26 heavy (non-hydrogen) atoms. The van der Waals surface area contributed by atoms with E-state index in [1.54, 1.807) is 22.8 Å². The van der Waals surface area contributed by atoms with Gasteiger partial charge in [-0.25, -0.2) is 17.5 Å². The Hall–Kier alpha value is -2.32. The highest BCUT2D eigenvalue weighted by Crippen LogP contribution is 2.24. The zero-order valence-corrected chi connectivity index (χ0v) is 15.3. The topological polar surface area (TPSA) is 100 Å². The molecule has 1 aliphatic heterocycles. The van der Waals surface area contributed by atoms with E-state index in [0.717, 1.165) is 24.8 Å². The normalized spacial score (nSPS) is 18.6. The number of carboxylic acid groups (broad SMARTS) is 1. The molecule has 3 heterocycles. The number of aromatic nitrogens is 2. The Kier molecular flexibility index (Phi) is 5.33. The van der Waals surface area contributed by atoms with Gasteiger partial charge in [0.1, 0.15) is 0 Å². The van der Waals surface area contributed by atoms with Gasteiger partial charge in [0.2, 0.25) is 10.0 Å². The van der Waals surface area contributed by atoms with E-state index in [9.17, 15) is 13.2 Å². The number of hydrogen-bond acceptors (Lipinski definition) is 5. The Balaban J connectivity index is 1.77. The molecule has 8 heteroatoms. The van der Waals surface area contributed by atoms with Gasteiger partial charge in [0.25, 0.3) is 0 Å². The van der Waals surface area contributed by atoms with Crippen LogP contribution in [0.5, 0.6) is 0 Å². The first kappa shape index (κ1) is 18.5. The van der Waals surface area contributed by atoms with Gasteiger partial charge in [-0.3, -0.25) is 9.97 Å². The molecule has 0 radical (unpaired) electrons. The minimum absolute atomic E-state index is 0.116. The van der Waals surface area contributed by atoms with Gasteiger partial charge in [0.05, 0.1) is 17.5 Å². The minimum atomic E-state index is -3.16. The first-order valence-corrected chi connectivity index (χ1v) is 10.3. The molecule has 1 N–H and O–H groups in total. The molecule has 2 aromatic rings. The van der Waals surface area contributed by atoms with Gasteiger partial charge in [-0.1, -0.05) is 0 Å². The number of hydrogen-bond donors (Lipinski definition) is 1. The average molecular weight is 375 g/mol. The highest BCUT2D eigenvalue weighted by atomic mass is 32.2. The standard InChI is InChI=1S/C18H21N3O4S/c1-26(24,25)21-6-2-3-14(12-21)7-13-4-5-20-17(8-13)15-9-16(18(22)23)11-19-10-15/h4-5,8-11,14H,2-3,6-7,12H2,1H3,(H,22,23)/t14-/m1/s1. The second kappa shape index (κ2) is 7.51. The third kappa shape index (κ3) is 4.44. The van der Waals surface area contributed by atoms with E-state index in [4.69, 9.17) is 5.11 Å². The molecule has 0 amide bonds.